The number of rotatable bonds is 5. The topological polar surface area (TPSA) is 29.5 Å². The van der Waals surface area contributed by atoms with Gasteiger partial charge in [0.05, 0.1) is 7.11 Å². The van der Waals surface area contributed by atoms with Crippen molar-refractivity contribution in [2.75, 3.05) is 20.7 Å². The minimum absolute atomic E-state index is 0.218. The lowest BCUT2D eigenvalue weighted by Gasteiger charge is -2.34. The highest BCUT2D eigenvalue weighted by Crippen LogP contribution is 2.22. The van der Waals surface area contributed by atoms with E-state index in [1.807, 2.05) is 13.0 Å². The minimum Gasteiger partial charge on any atom is -0.466 e. The molecule has 100 valence electrons. The Labute approximate surface area is 106 Å². The summed E-state index contributed by atoms with van der Waals surface area (Å²) in [6.07, 6.45) is 2.68. The molecule has 0 N–H and O–H groups in total. The first-order valence-electron chi connectivity index (χ1n) is 6.21. The Balaban J connectivity index is 4.53. The van der Waals surface area contributed by atoms with E-state index in [2.05, 4.69) is 39.6 Å². The number of esters is 1. The molecule has 0 aromatic rings. The van der Waals surface area contributed by atoms with Crippen LogP contribution in [0.2, 0.25) is 0 Å². The van der Waals surface area contributed by atoms with Crippen molar-refractivity contribution in [3.63, 3.8) is 0 Å². The maximum absolute atomic E-state index is 11.4. The molecule has 0 saturated carbocycles. The van der Waals surface area contributed by atoms with Crippen LogP contribution in [0.15, 0.2) is 11.6 Å². The molecule has 17 heavy (non-hydrogen) atoms. The van der Waals surface area contributed by atoms with Gasteiger partial charge in [0.2, 0.25) is 0 Å². The average molecular weight is 241 g/mol. The van der Waals surface area contributed by atoms with Crippen molar-refractivity contribution in [1.82, 2.24) is 4.90 Å². The van der Waals surface area contributed by atoms with Gasteiger partial charge in [-0.15, -0.1) is 0 Å². The molecule has 0 aliphatic carbocycles. The molecule has 0 rings (SSSR count). The van der Waals surface area contributed by atoms with Gasteiger partial charge in [-0.05, 0) is 25.8 Å². The molecule has 0 fully saturated rings. The number of methoxy groups -OCH3 is 1. The van der Waals surface area contributed by atoms with Crippen LogP contribution in [0.1, 0.15) is 41.0 Å². The second-order valence-electron chi connectivity index (χ2n) is 5.56. The molecular weight excluding hydrogens is 214 g/mol. The van der Waals surface area contributed by atoms with Crippen molar-refractivity contribution in [2.24, 2.45) is 5.41 Å². The van der Waals surface area contributed by atoms with Crippen LogP contribution >= 0.6 is 0 Å². The summed E-state index contributed by atoms with van der Waals surface area (Å²) in [5.41, 5.74) is 0.987. The van der Waals surface area contributed by atoms with Crippen molar-refractivity contribution < 1.29 is 9.53 Å². The van der Waals surface area contributed by atoms with Gasteiger partial charge in [0, 0.05) is 18.2 Å². The van der Waals surface area contributed by atoms with Gasteiger partial charge in [-0.2, -0.15) is 0 Å². The summed E-state index contributed by atoms with van der Waals surface area (Å²) in [6, 6.07) is 0.453. The largest absolute Gasteiger partial charge is 0.466 e. The van der Waals surface area contributed by atoms with Crippen LogP contribution in [0.25, 0.3) is 0 Å². The molecule has 0 aromatic carbocycles. The minimum atomic E-state index is -0.218. The van der Waals surface area contributed by atoms with Gasteiger partial charge in [0.25, 0.3) is 0 Å². The third-order valence-corrected chi connectivity index (χ3v) is 3.37. The van der Waals surface area contributed by atoms with Crippen LogP contribution in [0.4, 0.5) is 0 Å². The van der Waals surface area contributed by atoms with Gasteiger partial charge >= 0.3 is 5.97 Å². The van der Waals surface area contributed by atoms with Crippen LogP contribution < -0.4 is 0 Å². The second kappa shape index (κ2) is 6.80. The SMILES string of the molecule is CCC(=CCN(C)C(C)C(C)(C)C)C(=O)OC. The Morgan fingerprint density at radius 3 is 2.29 bits per heavy atom. The van der Waals surface area contributed by atoms with E-state index in [9.17, 15) is 4.79 Å². The lowest BCUT2D eigenvalue weighted by atomic mass is 9.87. The molecule has 0 radical (unpaired) electrons. The highest BCUT2D eigenvalue weighted by atomic mass is 16.5. The molecule has 3 heteroatoms. The molecule has 1 atom stereocenters. The fourth-order valence-corrected chi connectivity index (χ4v) is 1.58. The van der Waals surface area contributed by atoms with Crippen LogP contribution in [0.3, 0.4) is 0 Å². The predicted octanol–water partition coefficient (Wildman–Crippen LogP) is 2.86. The van der Waals surface area contributed by atoms with Gasteiger partial charge in [-0.1, -0.05) is 33.8 Å². The van der Waals surface area contributed by atoms with Crippen molar-refractivity contribution in [1.29, 1.82) is 0 Å². The zero-order valence-electron chi connectivity index (χ0n) is 12.3. The normalized spacial score (nSPS) is 14.9. The molecular formula is C14H27NO2. The van der Waals surface area contributed by atoms with Crippen molar-refractivity contribution in [3.8, 4) is 0 Å². The number of likely N-dealkylation sites (N-methyl/N-ethyl adjacent to an activating group) is 1. The average Bonchev–Trinajstić information content (AvgIpc) is 2.26. The predicted molar refractivity (Wildman–Crippen MR) is 71.9 cm³/mol. The van der Waals surface area contributed by atoms with Crippen molar-refractivity contribution in [2.45, 2.75) is 47.1 Å². The number of carbonyl (C=O) groups excluding carboxylic acids is 1. The highest BCUT2D eigenvalue weighted by Gasteiger charge is 2.23. The zero-order chi connectivity index (χ0) is 13.6. The van der Waals surface area contributed by atoms with Gasteiger partial charge in [0.15, 0.2) is 0 Å². The fraction of sp³-hybridized carbons (Fsp3) is 0.786. The fourth-order valence-electron chi connectivity index (χ4n) is 1.58. The standard InChI is InChI=1S/C14H27NO2/c1-8-12(13(16)17-7)9-10-15(6)11(2)14(3,4)5/h9,11H,8,10H2,1-7H3. The first-order chi connectivity index (χ1) is 7.73. The van der Waals surface area contributed by atoms with E-state index in [1.165, 1.54) is 7.11 Å². The molecule has 0 aliphatic rings. The molecule has 0 bridgehead atoms. The third kappa shape index (κ3) is 5.35. The Morgan fingerprint density at radius 1 is 1.41 bits per heavy atom. The zero-order valence-corrected chi connectivity index (χ0v) is 12.3. The van der Waals surface area contributed by atoms with Crippen LogP contribution in [0.5, 0.6) is 0 Å². The van der Waals surface area contributed by atoms with E-state index in [1.54, 1.807) is 0 Å². The summed E-state index contributed by atoms with van der Waals surface area (Å²) in [5, 5.41) is 0. The Bertz CT molecular complexity index is 276. The van der Waals surface area contributed by atoms with Gasteiger partial charge in [0.1, 0.15) is 0 Å². The molecule has 0 saturated heterocycles. The molecule has 0 aromatic heterocycles. The maximum atomic E-state index is 11.4. The van der Waals surface area contributed by atoms with E-state index in [0.29, 0.717) is 12.5 Å². The molecule has 0 heterocycles. The number of hydrogen-bond donors (Lipinski definition) is 0. The van der Waals surface area contributed by atoms with Crippen molar-refractivity contribution >= 4 is 5.97 Å². The second-order valence-corrected chi connectivity index (χ2v) is 5.56. The Morgan fingerprint density at radius 2 is 1.94 bits per heavy atom. The van der Waals surface area contributed by atoms with Crippen molar-refractivity contribution in [3.05, 3.63) is 11.6 Å². The van der Waals surface area contributed by atoms with E-state index in [0.717, 1.165) is 12.1 Å². The number of ether oxygens (including phenoxy) is 1. The molecule has 1 unspecified atom stereocenters. The number of nitrogens with zero attached hydrogens (tertiary/aromatic N) is 1. The Hall–Kier alpha value is -0.830. The van der Waals surface area contributed by atoms with Crippen LogP contribution in [-0.2, 0) is 9.53 Å². The van der Waals surface area contributed by atoms with Crippen LogP contribution in [0, 0.1) is 5.41 Å². The summed E-state index contributed by atoms with van der Waals surface area (Å²) in [5.74, 6) is -0.218. The first kappa shape index (κ1) is 16.2. The van der Waals surface area contributed by atoms with E-state index < -0.39 is 0 Å². The van der Waals surface area contributed by atoms with Crippen LogP contribution in [-0.4, -0.2) is 37.6 Å². The highest BCUT2D eigenvalue weighted by molar-refractivity contribution is 5.88. The monoisotopic (exact) mass is 241 g/mol. The lowest BCUT2D eigenvalue weighted by Crippen LogP contribution is -2.39. The summed E-state index contributed by atoms with van der Waals surface area (Å²) in [7, 11) is 3.50. The van der Waals surface area contributed by atoms with E-state index >= 15 is 0 Å². The summed E-state index contributed by atoms with van der Waals surface area (Å²) >= 11 is 0. The molecule has 0 spiro atoms. The third-order valence-electron chi connectivity index (χ3n) is 3.37. The number of carbonyl (C=O) groups is 1. The summed E-state index contributed by atoms with van der Waals surface area (Å²) in [4.78, 5) is 13.7. The molecule has 0 amide bonds. The van der Waals surface area contributed by atoms with Gasteiger partial charge in [-0.25, -0.2) is 4.79 Å². The molecule has 3 nitrogen and oxygen atoms in total. The first-order valence-corrected chi connectivity index (χ1v) is 6.21. The maximum Gasteiger partial charge on any atom is 0.333 e. The van der Waals surface area contributed by atoms with E-state index in [4.69, 9.17) is 4.74 Å². The van der Waals surface area contributed by atoms with Gasteiger partial charge < -0.3 is 4.74 Å². The molecule has 0 aliphatic heterocycles. The van der Waals surface area contributed by atoms with E-state index in [-0.39, 0.29) is 11.4 Å². The van der Waals surface area contributed by atoms with Gasteiger partial charge in [-0.3, -0.25) is 4.90 Å². The number of hydrogen-bond acceptors (Lipinski definition) is 3. The quantitative estimate of drug-likeness (QED) is 0.547. The Kier molecular flexibility index (Phi) is 6.46. The smallest absolute Gasteiger partial charge is 0.333 e. The lowest BCUT2D eigenvalue weighted by molar-refractivity contribution is -0.136. The summed E-state index contributed by atoms with van der Waals surface area (Å²) < 4.78 is 4.74. The summed E-state index contributed by atoms with van der Waals surface area (Å²) in [6.45, 7) is 11.6.